The fourth-order valence-electron chi connectivity index (χ4n) is 1.69. The van der Waals surface area contributed by atoms with E-state index in [0.29, 0.717) is 0 Å². The molecule has 0 spiro atoms. The Bertz CT molecular complexity index is 450. The first-order valence-electron chi connectivity index (χ1n) is 6.36. The summed E-state index contributed by atoms with van der Waals surface area (Å²) in [5, 5.41) is 20.7. The molecule has 0 bridgehead atoms. The lowest BCUT2D eigenvalue weighted by Gasteiger charge is -2.26. The lowest BCUT2D eigenvalue weighted by Crippen LogP contribution is -2.45. The number of aliphatic carboxylic acids is 1. The lowest BCUT2D eigenvalue weighted by molar-refractivity contribution is -0.137. The number of hydrogen-bond acceptors (Lipinski definition) is 3. The number of carboxylic acid groups (broad SMARTS) is 1. The average Bonchev–Trinajstić information content (AvgIpc) is 2.45. The van der Waals surface area contributed by atoms with Gasteiger partial charge in [0, 0.05) is 7.05 Å². The molecule has 0 saturated carbocycles. The number of likely N-dealkylation sites (N-methyl/N-ethyl adjacent to an activating group) is 1. The predicted molar refractivity (Wildman–Crippen MR) is 74.3 cm³/mol. The Morgan fingerprint density at radius 3 is 2.40 bits per heavy atom. The SMILES string of the molecule is CC(CO)N(C)C(=O)NC(CC(=O)O)c1ccccc1. The van der Waals surface area contributed by atoms with Gasteiger partial charge in [0.05, 0.1) is 25.1 Å². The summed E-state index contributed by atoms with van der Waals surface area (Å²) >= 11 is 0. The molecule has 0 fully saturated rings. The van der Waals surface area contributed by atoms with E-state index in [9.17, 15) is 9.59 Å². The Labute approximate surface area is 118 Å². The van der Waals surface area contributed by atoms with Crippen LogP contribution in [-0.2, 0) is 4.79 Å². The van der Waals surface area contributed by atoms with Crippen LogP contribution in [0.4, 0.5) is 4.79 Å². The molecule has 2 atom stereocenters. The first-order valence-corrected chi connectivity index (χ1v) is 6.36. The van der Waals surface area contributed by atoms with Gasteiger partial charge in [0.15, 0.2) is 0 Å². The molecule has 1 rings (SSSR count). The van der Waals surface area contributed by atoms with Crippen LogP contribution in [0.1, 0.15) is 24.9 Å². The predicted octanol–water partition coefficient (Wildman–Crippen LogP) is 1.22. The summed E-state index contributed by atoms with van der Waals surface area (Å²) < 4.78 is 0. The smallest absolute Gasteiger partial charge is 0.317 e. The summed E-state index contributed by atoms with van der Waals surface area (Å²) in [6, 6.07) is 7.58. The Balaban J connectivity index is 2.80. The number of nitrogens with zero attached hydrogens (tertiary/aromatic N) is 1. The molecule has 6 nitrogen and oxygen atoms in total. The fraction of sp³-hybridized carbons (Fsp3) is 0.429. The lowest BCUT2D eigenvalue weighted by atomic mass is 10.0. The molecule has 1 aromatic rings. The van der Waals surface area contributed by atoms with E-state index in [1.807, 2.05) is 6.07 Å². The van der Waals surface area contributed by atoms with Crippen LogP contribution in [0.15, 0.2) is 30.3 Å². The topological polar surface area (TPSA) is 89.9 Å². The zero-order valence-electron chi connectivity index (χ0n) is 11.6. The number of urea groups is 1. The third-order valence-electron chi connectivity index (χ3n) is 3.12. The summed E-state index contributed by atoms with van der Waals surface area (Å²) in [4.78, 5) is 24.3. The van der Waals surface area contributed by atoms with Crippen molar-refractivity contribution < 1.29 is 19.8 Å². The highest BCUT2D eigenvalue weighted by Gasteiger charge is 2.21. The molecule has 20 heavy (non-hydrogen) atoms. The Morgan fingerprint density at radius 2 is 1.90 bits per heavy atom. The number of hydrogen-bond donors (Lipinski definition) is 3. The maximum atomic E-state index is 12.0. The van der Waals surface area contributed by atoms with E-state index in [1.165, 1.54) is 4.90 Å². The zero-order chi connectivity index (χ0) is 15.1. The number of carboxylic acids is 1. The van der Waals surface area contributed by atoms with E-state index in [-0.39, 0.29) is 19.1 Å². The molecule has 0 aliphatic carbocycles. The molecular weight excluding hydrogens is 260 g/mol. The summed E-state index contributed by atoms with van der Waals surface area (Å²) in [5.74, 6) is -0.989. The van der Waals surface area contributed by atoms with Crippen LogP contribution in [-0.4, -0.2) is 46.8 Å². The minimum atomic E-state index is -0.989. The molecule has 0 saturated heterocycles. The Hall–Kier alpha value is -2.08. The van der Waals surface area contributed by atoms with Gasteiger partial charge in [-0.05, 0) is 12.5 Å². The van der Waals surface area contributed by atoms with Crippen molar-refractivity contribution in [2.75, 3.05) is 13.7 Å². The first kappa shape index (κ1) is 16.0. The molecule has 2 unspecified atom stereocenters. The molecule has 3 N–H and O–H groups in total. The van der Waals surface area contributed by atoms with Crippen LogP contribution >= 0.6 is 0 Å². The number of benzene rings is 1. The van der Waals surface area contributed by atoms with Crippen molar-refractivity contribution in [2.45, 2.75) is 25.4 Å². The molecule has 6 heteroatoms. The average molecular weight is 280 g/mol. The fourth-order valence-corrected chi connectivity index (χ4v) is 1.69. The highest BCUT2D eigenvalue weighted by molar-refractivity contribution is 5.76. The summed E-state index contributed by atoms with van der Waals surface area (Å²) in [6.07, 6.45) is -0.197. The highest BCUT2D eigenvalue weighted by atomic mass is 16.4. The second-order valence-electron chi connectivity index (χ2n) is 4.65. The quantitative estimate of drug-likeness (QED) is 0.731. The normalized spacial score (nSPS) is 13.3. The van der Waals surface area contributed by atoms with Gasteiger partial charge in [-0.25, -0.2) is 4.79 Å². The molecule has 0 heterocycles. The van der Waals surface area contributed by atoms with Gasteiger partial charge in [0.2, 0.25) is 0 Å². The van der Waals surface area contributed by atoms with Gasteiger partial charge in [-0.1, -0.05) is 30.3 Å². The highest BCUT2D eigenvalue weighted by Crippen LogP contribution is 2.17. The summed E-state index contributed by atoms with van der Waals surface area (Å²) in [6.45, 7) is 1.55. The number of aliphatic hydroxyl groups is 1. The number of nitrogens with one attached hydrogen (secondary N) is 1. The maximum Gasteiger partial charge on any atom is 0.317 e. The van der Waals surface area contributed by atoms with Crippen molar-refractivity contribution in [1.29, 1.82) is 0 Å². The molecule has 110 valence electrons. The third kappa shape index (κ3) is 4.55. The van der Waals surface area contributed by atoms with E-state index in [0.717, 1.165) is 5.56 Å². The number of amides is 2. The van der Waals surface area contributed by atoms with E-state index in [4.69, 9.17) is 10.2 Å². The van der Waals surface area contributed by atoms with Crippen LogP contribution in [0.3, 0.4) is 0 Å². The molecular formula is C14H20N2O4. The van der Waals surface area contributed by atoms with Gasteiger partial charge < -0.3 is 20.4 Å². The molecule has 0 aliphatic heterocycles. The van der Waals surface area contributed by atoms with E-state index in [1.54, 1.807) is 38.2 Å². The van der Waals surface area contributed by atoms with Crippen molar-refractivity contribution in [1.82, 2.24) is 10.2 Å². The molecule has 1 aromatic carbocycles. The van der Waals surface area contributed by atoms with E-state index >= 15 is 0 Å². The Kier molecular flexibility index (Phi) is 5.99. The van der Waals surface area contributed by atoms with E-state index in [2.05, 4.69) is 5.32 Å². The third-order valence-corrected chi connectivity index (χ3v) is 3.12. The number of carbonyl (C=O) groups excluding carboxylic acids is 1. The van der Waals surface area contributed by atoms with Crippen LogP contribution in [0.5, 0.6) is 0 Å². The van der Waals surface area contributed by atoms with Crippen molar-refractivity contribution in [2.24, 2.45) is 0 Å². The van der Waals surface area contributed by atoms with Gasteiger partial charge in [-0.15, -0.1) is 0 Å². The van der Waals surface area contributed by atoms with Crippen molar-refractivity contribution in [3.63, 3.8) is 0 Å². The van der Waals surface area contributed by atoms with Crippen molar-refractivity contribution >= 4 is 12.0 Å². The number of rotatable bonds is 6. The number of aliphatic hydroxyl groups excluding tert-OH is 1. The Morgan fingerprint density at radius 1 is 1.30 bits per heavy atom. The van der Waals surface area contributed by atoms with Crippen LogP contribution in [0.2, 0.25) is 0 Å². The summed E-state index contributed by atoms with van der Waals surface area (Å²) in [5.41, 5.74) is 0.730. The van der Waals surface area contributed by atoms with E-state index < -0.39 is 18.0 Å². The maximum absolute atomic E-state index is 12.0. The minimum absolute atomic E-state index is 0.154. The van der Waals surface area contributed by atoms with Gasteiger partial charge in [-0.3, -0.25) is 4.79 Å². The summed E-state index contributed by atoms with van der Waals surface area (Å²) in [7, 11) is 1.55. The number of carbonyl (C=O) groups is 2. The van der Waals surface area contributed by atoms with Gasteiger partial charge in [-0.2, -0.15) is 0 Å². The minimum Gasteiger partial charge on any atom is -0.481 e. The van der Waals surface area contributed by atoms with Crippen LogP contribution < -0.4 is 5.32 Å². The zero-order valence-corrected chi connectivity index (χ0v) is 11.6. The van der Waals surface area contributed by atoms with Crippen LogP contribution in [0, 0.1) is 0 Å². The first-order chi connectivity index (χ1) is 9.45. The standard InChI is InChI=1S/C14H20N2O4/c1-10(9-17)16(2)14(20)15-12(8-13(18)19)11-6-4-3-5-7-11/h3-7,10,12,17H,8-9H2,1-2H3,(H,15,20)(H,18,19). The molecule has 2 amide bonds. The second-order valence-corrected chi connectivity index (χ2v) is 4.65. The van der Waals surface area contributed by atoms with Crippen LogP contribution in [0.25, 0.3) is 0 Å². The monoisotopic (exact) mass is 280 g/mol. The molecule has 0 aliphatic rings. The van der Waals surface area contributed by atoms with Gasteiger partial charge in [0.25, 0.3) is 0 Å². The van der Waals surface area contributed by atoms with Gasteiger partial charge in [0.1, 0.15) is 0 Å². The van der Waals surface area contributed by atoms with Crippen molar-refractivity contribution in [3.05, 3.63) is 35.9 Å². The second kappa shape index (κ2) is 7.49. The van der Waals surface area contributed by atoms with Crippen molar-refractivity contribution in [3.8, 4) is 0 Å². The largest absolute Gasteiger partial charge is 0.481 e. The van der Waals surface area contributed by atoms with Gasteiger partial charge >= 0.3 is 12.0 Å². The molecule has 0 aromatic heterocycles. The molecule has 0 radical (unpaired) electrons.